The summed E-state index contributed by atoms with van der Waals surface area (Å²) in [5, 5.41) is 0. The van der Waals surface area contributed by atoms with E-state index in [0.717, 1.165) is 28.9 Å². The molecule has 4 rings (SSSR count). The molecule has 2 heterocycles. The summed E-state index contributed by atoms with van der Waals surface area (Å²) >= 11 is 0. The van der Waals surface area contributed by atoms with E-state index in [9.17, 15) is 4.79 Å². The molecule has 0 amide bonds. The summed E-state index contributed by atoms with van der Waals surface area (Å²) in [6, 6.07) is 14.9. The molecule has 7 heteroatoms. The number of carbonyl (C=O) groups excluding carboxylic acids is 1. The average Bonchev–Trinajstić information content (AvgIpc) is 3.18. The van der Waals surface area contributed by atoms with Crippen molar-refractivity contribution in [2.45, 2.75) is 39.1 Å². The van der Waals surface area contributed by atoms with Crippen LogP contribution in [0, 0.1) is 0 Å². The molecule has 0 spiro atoms. The quantitative estimate of drug-likeness (QED) is 0.395. The van der Waals surface area contributed by atoms with Crippen molar-refractivity contribution in [2.75, 3.05) is 13.2 Å². The molecule has 0 unspecified atom stereocenters. The second-order valence-electron chi connectivity index (χ2n) is 7.93. The molecule has 1 aliphatic rings. The van der Waals surface area contributed by atoms with Crippen molar-refractivity contribution >= 4 is 5.97 Å². The van der Waals surface area contributed by atoms with Crippen LogP contribution in [0.15, 0.2) is 60.9 Å². The number of ether oxygens (including phenoxy) is 4. The van der Waals surface area contributed by atoms with Gasteiger partial charge in [0.2, 0.25) is 0 Å². The van der Waals surface area contributed by atoms with Gasteiger partial charge in [0.1, 0.15) is 11.5 Å². The molecule has 2 aromatic carbocycles. The first-order chi connectivity index (χ1) is 15.4. The van der Waals surface area contributed by atoms with E-state index in [0.29, 0.717) is 18.2 Å². The standard InChI is InChI=1S/C25H26N2O5/c1-4-12-29-21-7-5-6-18(13-21)23-26-14-19(15-27-23)17-8-10-20(11-9-17)31-24(28)22-16-30-25(2,3)32-22/h5-11,13-15,22H,4,12,16H2,1-3H3/t22-/m0/s1. The van der Waals surface area contributed by atoms with E-state index in [1.165, 1.54) is 0 Å². The van der Waals surface area contributed by atoms with Crippen LogP contribution in [-0.4, -0.2) is 41.0 Å². The maximum atomic E-state index is 12.3. The Morgan fingerprint density at radius 1 is 1.03 bits per heavy atom. The maximum Gasteiger partial charge on any atom is 0.343 e. The van der Waals surface area contributed by atoms with Gasteiger partial charge in [-0.25, -0.2) is 14.8 Å². The molecule has 0 N–H and O–H groups in total. The average molecular weight is 434 g/mol. The second-order valence-corrected chi connectivity index (χ2v) is 7.93. The Morgan fingerprint density at radius 3 is 2.44 bits per heavy atom. The van der Waals surface area contributed by atoms with E-state index in [-0.39, 0.29) is 6.61 Å². The zero-order chi connectivity index (χ0) is 22.6. The van der Waals surface area contributed by atoms with Crippen molar-refractivity contribution < 1.29 is 23.7 Å². The molecule has 3 aromatic rings. The summed E-state index contributed by atoms with van der Waals surface area (Å²) in [5.74, 6) is 0.627. The molecular weight excluding hydrogens is 408 g/mol. The molecule has 1 fully saturated rings. The summed E-state index contributed by atoms with van der Waals surface area (Å²) in [6.45, 7) is 6.45. The number of hydrogen-bond donors (Lipinski definition) is 0. The van der Waals surface area contributed by atoms with Crippen LogP contribution in [0.25, 0.3) is 22.5 Å². The lowest BCUT2D eigenvalue weighted by Crippen LogP contribution is -2.30. The van der Waals surface area contributed by atoms with Crippen molar-refractivity contribution in [2.24, 2.45) is 0 Å². The number of carbonyl (C=O) groups is 1. The van der Waals surface area contributed by atoms with Crippen LogP contribution in [-0.2, 0) is 14.3 Å². The number of esters is 1. The molecule has 0 radical (unpaired) electrons. The van der Waals surface area contributed by atoms with Crippen molar-refractivity contribution in [3.63, 3.8) is 0 Å². The summed E-state index contributed by atoms with van der Waals surface area (Å²) < 4.78 is 22.0. The van der Waals surface area contributed by atoms with E-state index >= 15 is 0 Å². The van der Waals surface area contributed by atoms with E-state index in [4.69, 9.17) is 18.9 Å². The van der Waals surface area contributed by atoms with Gasteiger partial charge in [-0.1, -0.05) is 31.2 Å². The van der Waals surface area contributed by atoms with Gasteiger partial charge in [0.25, 0.3) is 0 Å². The number of benzene rings is 2. The largest absolute Gasteiger partial charge is 0.494 e. The SMILES string of the molecule is CCCOc1cccc(-c2ncc(-c3ccc(OC(=O)[C@@H]4COC(C)(C)O4)cc3)cn2)c1. The molecule has 7 nitrogen and oxygen atoms in total. The molecule has 1 aromatic heterocycles. The third-order valence-electron chi connectivity index (χ3n) is 4.89. The van der Waals surface area contributed by atoms with Crippen molar-refractivity contribution in [1.82, 2.24) is 9.97 Å². The summed E-state index contributed by atoms with van der Waals surface area (Å²) in [7, 11) is 0. The third-order valence-corrected chi connectivity index (χ3v) is 4.89. The van der Waals surface area contributed by atoms with E-state index < -0.39 is 17.9 Å². The smallest absolute Gasteiger partial charge is 0.343 e. The van der Waals surface area contributed by atoms with Crippen molar-refractivity contribution in [3.05, 3.63) is 60.9 Å². The van der Waals surface area contributed by atoms with Gasteiger partial charge in [-0.2, -0.15) is 0 Å². The van der Waals surface area contributed by atoms with Gasteiger partial charge in [0, 0.05) is 23.5 Å². The molecule has 32 heavy (non-hydrogen) atoms. The third kappa shape index (κ3) is 5.30. The summed E-state index contributed by atoms with van der Waals surface area (Å²) in [4.78, 5) is 21.3. The van der Waals surface area contributed by atoms with Gasteiger partial charge < -0.3 is 18.9 Å². The zero-order valence-electron chi connectivity index (χ0n) is 18.4. The van der Waals surface area contributed by atoms with Crippen LogP contribution in [0.1, 0.15) is 27.2 Å². The van der Waals surface area contributed by atoms with Crippen LogP contribution in [0.2, 0.25) is 0 Å². The fourth-order valence-corrected chi connectivity index (χ4v) is 3.27. The van der Waals surface area contributed by atoms with Gasteiger partial charge in [0.15, 0.2) is 17.7 Å². The van der Waals surface area contributed by atoms with Gasteiger partial charge in [0.05, 0.1) is 13.2 Å². The Kier molecular flexibility index (Phi) is 6.48. The Balaban J connectivity index is 1.41. The molecule has 0 saturated carbocycles. The highest BCUT2D eigenvalue weighted by atomic mass is 16.8. The van der Waals surface area contributed by atoms with Crippen molar-refractivity contribution in [3.8, 4) is 34.0 Å². The predicted molar refractivity (Wildman–Crippen MR) is 119 cm³/mol. The normalized spacial score (nSPS) is 17.2. The number of hydrogen-bond acceptors (Lipinski definition) is 7. The minimum atomic E-state index is -0.774. The molecule has 1 saturated heterocycles. The first kappa shape index (κ1) is 21.9. The fourth-order valence-electron chi connectivity index (χ4n) is 3.27. The van der Waals surface area contributed by atoms with E-state index in [1.807, 2.05) is 36.4 Å². The van der Waals surface area contributed by atoms with E-state index in [1.54, 1.807) is 38.4 Å². The molecule has 0 bridgehead atoms. The monoisotopic (exact) mass is 434 g/mol. The zero-order valence-corrected chi connectivity index (χ0v) is 18.4. The Bertz CT molecular complexity index is 1060. The minimum absolute atomic E-state index is 0.182. The lowest BCUT2D eigenvalue weighted by molar-refractivity contribution is -0.162. The molecule has 1 aliphatic heterocycles. The summed E-state index contributed by atoms with van der Waals surface area (Å²) in [6.07, 6.45) is 3.77. The van der Waals surface area contributed by atoms with Crippen LogP contribution in [0.3, 0.4) is 0 Å². The van der Waals surface area contributed by atoms with Crippen LogP contribution in [0.4, 0.5) is 0 Å². The van der Waals surface area contributed by atoms with Crippen LogP contribution < -0.4 is 9.47 Å². The topological polar surface area (TPSA) is 79.8 Å². The van der Waals surface area contributed by atoms with E-state index in [2.05, 4.69) is 16.9 Å². The van der Waals surface area contributed by atoms with Crippen LogP contribution in [0.5, 0.6) is 11.5 Å². The van der Waals surface area contributed by atoms with Gasteiger partial charge in [-0.3, -0.25) is 0 Å². The minimum Gasteiger partial charge on any atom is -0.494 e. The van der Waals surface area contributed by atoms with Gasteiger partial charge >= 0.3 is 5.97 Å². The first-order valence-corrected chi connectivity index (χ1v) is 10.6. The fraction of sp³-hybridized carbons (Fsp3) is 0.320. The highest BCUT2D eigenvalue weighted by Gasteiger charge is 2.38. The molecular formula is C25H26N2O5. The molecule has 1 atom stereocenters. The number of nitrogens with zero attached hydrogens (tertiary/aromatic N) is 2. The predicted octanol–water partition coefficient (Wildman–Crippen LogP) is 4.66. The molecule has 166 valence electrons. The van der Waals surface area contributed by atoms with Crippen LogP contribution >= 0.6 is 0 Å². The second kappa shape index (κ2) is 9.46. The number of rotatable bonds is 7. The highest BCUT2D eigenvalue weighted by molar-refractivity contribution is 5.78. The maximum absolute atomic E-state index is 12.3. The lowest BCUT2D eigenvalue weighted by atomic mass is 10.1. The molecule has 0 aliphatic carbocycles. The highest BCUT2D eigenvalue weighted by Crippen LogP contribution is 2.26. The van der Waals surface area contributed by atoms with Gasteiger partial charge in [-0.05, 0) is 50.1 Å². The summed E-state index contributed by atoms with van der Waals surface area (Å²) in [5.41, 5.74) is 2.67. The Labute approximate surface area is 187 Å². The van der Waals surface area contributed by atoms with Crippen molar-refractivity contribution in [1.29, 1.82) is 0 Å². The number of aromatic nitrogens is 2. The first-order valence-electron chi connectivity index (χ1n) is 10.6. The Hall–Kier alpha value is -3.29. The van der Waals surface area contributed by atoms with Gasteiger partial charge in [-0.15, -0.1) is 0 Å². The lowest BCUT2D eigenvalue weighted by Gasteiger charge is -2.16. The Morgan fingerprint density at radius 2 is 1.78 bits per heavy atom.